The molecule has 0 atom stereocenters. The molecule has 0 aliphatic rings. The average molecular weight is 308 g/mol. The van der Waals surface area contributed by atoms with E-state index in [1.807, 2.05) is 30.3 Å². The summed E-state index contributed by atoms with van der Waals surface area (Å²) >= 11 is 5.84. The largest absolute Gasteiger partial charge is 0.280 e. The molecule has 0 unspecified atom stereocenters. The highest BCUT2D eigenvalue weighted by atomic mass is 35.5. The van der Waals surface area contributed by atoms with E-state index in [-0.39, 0.29) is 0 Å². The first-order valence-corrected chi connectivity index (χ1v) is 7.91. The van der Waals surface area contributed by atoms with Crippen LogP contribution in [0.4, 0.5) is 5.69 Å². The molecule has 20 heavy (non-hydrogen) atoms. The number of hydrogen-bond donors (Lipinski definition) is 1. The van der Waals surface area contributed by atoms with Crippen molar-refractivity contribution < 1.29 is 8.42 Å². The van der Waals surface area contributed by atoms with Crippen LogP contribution in [0.5, 0.6) is 0 Å². The van der Waals surface area contributed by atoms with Gasteiger partial charge in [-0.3, -0.25) is 4.72 Å². The van der Waals surface area contributed by atoms with Crippen LogP contribution < -0.4 is 4.72 Å². The van der Waals surface area contributed by atoms with Gasteiger partial charge >= 0.3 is 0 Å². The van der Waals surface area contributed by atoms with Crippen LogP contribution in [-0.2, 0) is 10.0 Å². The summed E-state index contributed by atoms with van der Waals surface area (Å²) in [5.74, 6) is 0. The van der Waals surface area contributed by atoms with Gasteiger partial charge in [0.2, 0.25) is 0 Å². The Morgan fingerprint density at radius 1 is 1.10 bits per heavy atom. The Hall–Kier alpha value is -1.78. The van der Waals surface area contributed by atoms with Crippen molar-refractivity contribution >= 4 is 33.4 Å². The van der Waals surface area contributed by atoms with Crippen molar-refractivity contribution in [1.82, 2.24) is 0 Å². The van der Waals surface area contributed by atoms with Gasteiger partial charge in [-0.2, -0.15) is 0 Å². The zero-order chi connectivity index (χ0) is 14.6. The first kappa shape index (κ1) is 14.6. The van der Waals surface area contributed by atoms with Crippen molar-refractivity contribution in [3.8, 4) is 0 Å². The topological polar surface area (TPSA) is 46.2 Å². The van der Waals surface area contributed by atoms with E-state index in [4.69, 9.17) is 11.6 Å². The van der Waals surface area contributed by atoms with Gasteiger partial charge in [0.1, 0.15) is 0 Å². The molecule has 104 valence electrons. The predicted molar refractivity (Wildman–Crippen MR) is 84.2 cm³/mol. The van der Waals surface area contributed by atoms with Gasteiger partial charge < -0.3 is 0 Å². The molecule has 0 fully saturated rings. The third-order valence-corrected chi connectivity index (χ3v) is 3.91. The first-order valence-electron chi connectivity index (χ1n) is 5.98. The van der Waals surface area contributed by atoms with Crippen molar-refractivity contribution in [2.75, 3.05) is 4.72 Å². The number of halogens is 1. The van der Waals surface area contributed by atoms with Crippen molar-refractivity contribution in [2.24, 2.45) is 0 Å². The maximum Gasteiger partial charge on any atom is 0.255 e. The monoisotopic (exact) mass is 307 g/mol. The Labute approximate surface area is 124 Å². The fourth-order valence-corrected chi connectivity index (χ4v) is 2.83. The minimum Gasteiger partial charge on any atom is -0.280 e. The molecule has 0 radical (unpaired) electrons. The van der Waals surface area contributed by atoms with Crippen LogP contribution in [0, 0.1) is 6.92 Å². The lowest BCUT2D eigenvalue weighted by molar-refractivity contribution is 0.609. The normalized spacial score (nSPS) is 11.7. The van der Waals surface area contributed by atoms with Gasteiger partial charge in [-0.15, -0.1) is 0 Å². The molecule has 0 aromatic heterocycles. The Kier molecular flexibility index (Phi) is 4.47. The summed E-state index contributed by atoms with van der Waals surface area (Å²) < 4.78 is 26.5. The summed E-state index contributed by atoms with van der Waals surface area (Å²) in [4.78, 5) is 0. The van der Waals surface area contributed by atoms with Crippen LogP contribution in [0.3, 0.4) is 0 Å². The lowest BCUT2D eigenvalue weighted by atomic mass is 10.2. The smallest absolute Gasteiger partial charge is 0.255 e. The molecule has 0 aliphatic carbocycles. The number of nitrogens with one attached hydrogen (secondary N) is 1. The Morgan fingerprint density at radius 3 is 2.45 bits per heavy atom. The van der Waals surface area contributed by atoms with E-state index in [0.29, 0.717) is 10.7 Å². The molecule has 0 heterocycles. The summed E-state index contributed by atoms with van der Waals surface area (Å²) in [5, 5.41) is 1.72. The van der Waals surface area contributed by atoms with Crippen LogP contribution in [0.15, 0.2) is 53.9 Å². The van der Waals surface area contributed by atoms with Gasteiger partial charge in [-0.05, 0) is 42.3 Å². The zero-order valence-electron chi connectivity index (χ0n) is 10.9. The minimum atomic E-state index is -3.54. The average Bonchev–Trinajstić information content (AvgIpc) is 2.41. The molecule has 5 heteroatoms. The quantitative estimate of drug-likeness (QED) is 0.926. The standard InChI is InChI=1S/C15H14ClNO2S/c1-12-11-14(16)7-8-15(12)17-20(18,19)10-9-13-5-3-2-4-6-13/h2-11,17H,1H3/b10-9+. The molecule has 0 aliphatic heterocycles. The van der Waals surface area contributed by atoms with E-state index in [2.05, 4.69) is 4.72 Å². The van der Waals surface area contributed by atoms with Crippen LogP contribution >= 0.6 is 11.6 Å². The first-order chi connectivity index (χ1) is 9.46. The predicted octanol–water partition coefficient (Wildman–Crippen LogP) is 4.06. The number of hydrogen-bond acceptors (Lipinski definition) is 2. The molecule has 0 bridgehead atoms. The molecular weight excluding hydrogens is 294 g/mol. The van der Waals surface area contributed by atoms with Crippen molar-refractivity contribution in [3.05, 3.63) is 70.1 Å². The van der Waals surface area contributed by atoms with Crippen LogP contribution in [0.2, 0.25) is 5.02 Å². The highest BCUT2D eigenvalue weighted by molar-refractivity contribution is 7.95. The molecule has 1 N–H and O–H groups in total. The van der Waals surface area contributed by atoms with Crippen molar-refractivity contribution in [3.63, 3.8) is 0 Å². The van der Waals surface area contributed by atoms with Gasteiger partial charge in [-0.25, -0.2) is 8.42 Å². The van der Waals surface area contributed by atoms with E-state index in [1.165, 1.54) is 0 Å². The van der Waals surface area contributed by atoms with E-state index >= 15 is 0 Å². The molecule has 0 spiro atoms. The Morgan fingerprint density at radius 2 is 1.80 bits per heavy atom. The number of sulfonamides is 1. The number of benzene rings is 2. The maximum atomic E-state index is 12.0. The molecular formula is C15H14ClNO2S. The van der Waals surface area contributed by atoms with Crippen LogP contribution in [0.1, 0.15) is 11.1 Å². The van der Waals surface area contributed by atoms with Crippen LogP contribution in [-0.4, -0.2) is 8.42 Å². The van der Waals surface area contributed by atoms with Crippen molar-refractivity contribution in [2.45, 2.75) is 6.92 Å². The fraction of sp³-hybridized carbons (Fsp3) is 0.0667. The number of rotatable bonds is 4. The Bertz CT molecular complexity index is 725. The minimum absolute atomic E-state index is 0.520. The summed E-state index contributed by atoms with van der Waals surface area (Å²) in [5.41, 5.74) is 2.12. The highest BCUT2D eigenvalue weighted by Gasteiger charge is 2.07. The van der Waals surface area contributed by atoms with Crippen LogP contribution in [0.25, 0.3) is 6.08 Å². The molecule has 0 saturated heterocycles. The highest BCUT2D eigenvalue weighted by Crippen LogP contribution is 2.21. The summed E-state index contributed by atoms with van der Waals surface area (Å²) in [6, 6.07) is 14.2. The lowest BCUT2D eigenvalue weighted by Gasteiger charge is -2.08. The molecule has 0 amide bonds. The molecule has 2 rings (SSSR count). The Balaban J connectivity index is 2.17. The molecule has 3 nitrogen and oxygen atoms in total. The fourth-order valence-electron chi connectivity index (χ4n) is 1.66. The SMILES string of the molecule is Cc1cc(Cl)ccc1NS(=O)(=O)/C=C/c1ccccc1. The van der Waals surface area contributed by atoms with E-state index in [1.54, 1.807) is 31.2 Å². The van der Waals surface area contributed by atoms with E-state index < -0.39 is 10.0 Å². The van der Waals surface area contributed by atoms with Gasteiger partial charge in [0.15, 0.2) is 0 Å². The van der Waals surface area contributed by atoms with Gasteiger partial charge in [0.05, 0.1) is 11.1 Å². The lowest BCUT2D eigenvalue weighted by Crippen LogP contribution is -2.09. The second kappa shape index (κ2) is 6.11. The third-order valence-electron chi connectivity index (χ3n) is 2.68. The maximum absolute atomic E-state index is 12.0. The zero-order valence-corrected chi connectivity index (χ0v) is 12.4. The molecule has 2 aromatic carbocycles. The number of anilines is 1. The summed E-state index contributed by atoms with van der Waals surface area (Å²) in [6.45, 7) is 1.80. The number of aryl methyl sites for hydroxylation is 1. The van der Waals surface area contributed by atoms with E-state index in [0.717, 1.165) is 16.5 Å². The second-order valence-corrected chi connectivity index (χ2v) is 6.32. The van der Waals surface area contributed by atoms with E-state index in [9.17, 15) is 8.42 Å². The van der Waals surface area contributed by atoms with Gasteiger partial charge in [0.25, 0.3) is 10.0 Å². The molecule has 2 aromatic rings. The summed E-state index contributed by atoms with van der Waals surface area (Å²) in [6.07, 6.45) is 1.55. The third kappa shape index (κ3) is 4.11. The van der Waals surface area contributed by atoms with Gasteiger partial charge in [-0.1, -0.05) is 41.9 Å². The van der Waals surface area contributed by atoms with Gasteiger partial charge in [0, 0.05) is 5.02 Å². The molecule has 0 saturated carbocycles. The van der Waals surface area contributed by atoms with Crippen molar-refractivity contribution in [1.29, 1.82) is 0 Å². The second-order valence-electron chi connectivity index (χ2n) is 4.32. The summed E-state index contributed by atoms with van der Waals surface area (Å²) in [7, 11) is -3.54.